The molecular weight excluding hydrogens is 423 g/mol. The third kappa shape index (κ3) is 4.45. The van der Waals surface area contributed by atoms with Crippen molar-refractivity contribution in [3.05, 3.63) is 54.9 Å². The molecule has 0 saturated carbocycles. The maximum Gasteiger partial charge on any atom is 0.330 e. The van der Waals surface area contributed by atoms with E-state index in [0.717, 1.165) is 11.0 Å². The summed E-state index contributed by atoms with van der Waals surface area (Å²) in [5, 5.41) is 0. The molecule has 0 saturated heterocycles. The fraction of sp³-hybridized carbons (Fsp3) is 0.353. The Morgan fingerprint density at radius 2 is 2.11 bits per heavy atom. The molecule has 146 valence electrons. The van der Waals surface area contributed by atoms with Gasteiger partial charge in [0.05, 0.1) is 12.2 Å². The fourth-order valence-corrected chi connectivity index (χ4v) is 2.92. The van der Waals surface area contributed by atoms with E-state index in [1.54, 1.807) is 0 Å². The fourth-order valence-electron chi connectivity index (χ4n) is 2.59. The van der Waals surface area contributed by atoms with Crippen LogP contribution in [0, 0.1) is 5.82 Å². The van der Waals surface area contributed by atoms with Crippen LogP contribution in [0.2, 0.25) is 0 Å². The first-order chi connectivity index (χ1) is 12.8. The number of methoxy groups -OCH3 is 1. The summed E-state index contributed by atoms with van der Waals surface area (Å²) in [5.41, 5.74) is 4.08. The monoisotopic (exact) mass is 442 g/mol. The Bertz CT molecular complexity index is 957. The van der Waals surface area contributed by atoms with Crippen LogP contribution in [-0.2, 0) is 11.3 Å². The molecule has 0 fully saturated rings. The molecule has 0 aliphatic carbocycles. The molecule has 1 heterocycles. The second-order valence-electron chi connectivity index (χ2n) is 5.72. The second kappa shape index (κ2) is 8.96. The van der Waals surface area contributed by atoms with E-state index in [4.69, 9.17) is 10.5 Å². The number of amides is 1. The molecule has 1 aromatic heterocycles. The van der Waals surface area contributed by atoms with E-state index in [2.05, 4.69) is 20.9 Å². The third-order valence-corrected chi connectivity index (χ3v) is 4.35. The first-order valence-electron chi connectivity index (χ1n) is 8.20. The zero-order chi connectivity index (χ0) is 20.1. The van der Waals surface area contributed by atoms with Crippen LogP contribution in [0.3, 0.4) is 0 Å². The minimum absolute atomic E-state index is 0.0531. The van der Waals surface area contributed by atoms with E-state index in [0.29, 0.717) is 10.9 Å². The van der Waals surface area contributed by atoms with E-state index >= 15 is 0 Å². The number of H-pyrrole nitrogens is 1. The van der Waals surface area contributed by atoms with Crippen molar-refractivity contribution in [2.75, 3.05) is 30.9 Å². The van der Waals surface area contributed by atoms with Gasteiger partial charge in [-0.3, -0.25) is 24.0 Å². The highest BCUT2D eigenvalue weighted by molar-refractivity contribution is 9.10. The van der Waals surface area contributed by atoms with Gasteiger partial charge in [0.2, 0.25) is 0 Å². The van der Waals surface area contributed by atoms with Gasteiger partial charge in [0, 0.05) is 24.7 Å². The zero-order valence-corrected chi connectivity index (χ0v) is 16.5. The molecule has 0 bridgehead atoms. The second-order valence-corrected chi connectivity index (χ2v) is 6.63. The molecule has 3 N–H and O–H groups in total. The highest BCUT2D eigenvalue weighted by Crippen LogP contribution is 2.22. The smallest absolute Gasteiger partial charge is 0.330 e. The molecule has 1 amide bonds. The number of nitrogens with zero attached hydrogens (tertiary/aromatic N) is 2. The van der Waals surface area contributed by atoms with Crippen LogP contribution in [0.5, 0.6) is 0 Å². The lowest BCUT2D eigenvalue weighted by Crippen LogP contribution is -2.42. The first-order valence-corrected chi connectivity index (χ1v) is 8.99. The molecular formula is C17H20BrFN4O4. The number of rotatable bonds is 7. The Kier molecular flexibility index (Phi) is 6.92. The number of nitrogens with two attached hydrogens (primary N) is 1. The molecule has 2 aromatic rings. The van der Waals surface area contributed by atoms with Crippen molar-refractivity contribution in [1.82, 2.24) is 9.55 Å². The van der Waals surface area contributed by atoms with Gasteiger partial charge in [-0.1, -0.05) is 22.9 Å². The molecule has 27 heavy (non-hydrogen) atoms. The minimum Gasteiger partial charge on any atom is -0.383 e. The Labute approximate surface area is 162 Å². The normalized spacial score (nSPS) is 10.8. The topological polar surface area (TPSA) is 110 Å². The number of aromatic amines is 1. The lowest BCUT2D eigenvalue weighted by molar-refractivity contribution is 0.0971. The van der Waals surface area contributed by atoms with Crippen molar-refractivity contribution in [3.8, 4) is 0 Å². The van der Waals surface area contributed by atoms with Gasteiger partial charge in [0.15, 0.2) is 5.69 Å². The summed E-state index contributed by atoms with van der Waals surface area (Å²) in [6.45, 7) is 2.12. The van der Waals surface area contributed by atoms with Crippen molar-refractivity contribution in [2.24, 2.45) is 0 Å². The Hall–Kier alpha value is -2.46. The quantitative estimate of drug-likeness (QED) is 0.677. The molecule has 0 aliphatic heterocycles. The number of hydrogen-bond acceptors (Lipinski definition) is 5. The average Bonchev–Trinajstić information content (AvgIpc) is 2.60. The van der Waals surface area contributed by atoms with Gasteiger partial charge in [0.1, 0.15) is 11.6 Å². The number of anilines is 2. The predicted molar refractivity (Wildman–Crippen MR) is 104 cm³/mol. The number of nitrogen functional groups attached to an aromatic ring is 1. The van der Waals surface area contributed by atoms with Gasteiger partial charge in [-0.15, -0.1) is 0 Å². The van der Waals surface area contributed by atoms with E-state index in [-0.39, 0.29) is 36.8 Å². The van der Waals surface area contributed by atoms with Crippen molar-refractivity contribution >= 4 is 33.3 Å². The van der Waals surface area contributed by atoms with Crippen molar-refractivity contribution in [3.63, 3.8) is 0 Å². The molecule has 2 rings (SSSR count). The summed E-state index contributed by atoms with van der Waals surface area (Å²) in [4.78, 5) is 40.6. The summed E-state index contributed by atoms with van der Waals surface area (Å²) in [6, 6.07) is 3.96. The Balaban J connectivity index is 2.63. The van der Waals surface area contributed by atoms with Gasteiger partial charge < -0.3 is 10.5 Å². The SMILES string of the molecule is CCCn1c(N)c(N(CCOC)C(=O)c2ccc(Br)cc2F)c(=O)[nH]c1=O. The van der Waals surface area contributed by atoms with E-state index in [9.17, 15) is 18.8 Å². The van der Waals surface area contributed by atoms with Gasteiger partial charge in [-0.05, 0) is 24.6 Å². The van der Waals surface area contributed by atoms with Crippen LogP contribution in [0.15, 0.2) is 32.3 Å². The van der Waals surface area contributed by atoms with E-state index < -0.39 is 23.0 Å². The van der Waals surface area contributed by atoms with Crippen LogP contribution in [0.1, 0.15) is 23.7 Å². The lowest BCUT2D eigenvalue weighted by atomic mass is 10.1. The van der Waals surface area contributed by atoms with Gasteiger partial charge in [0.25, 0.3) is 11.5 Å². The number of nitrogens with one attached hydrogen (secondary N) is 1. The van der Waals surface area contributed by atoms with Crippen LogP contribution in [-0.4, -0.2) is 35.7 Å². The van der Waals surface area contributed by atoms with Gasteiger partial charge in [-0.25, -0.2) is 9.18 Å². The van der Waals surface area contributed by atoms with Gasteiger partial charge >= 0.3 is 5.69 Å². The summed E-state index contributed by atoms with van der Waals surface area (Å²) in [5.74, 6) is -1.68. The minimum atomic E-state index is -0.827. The maximum absolute atomic E-state index is 14.3. The first kappa shape index (κ1) is 20.8. The molecule has 0 spiro atoms. The largest absolute Gasteiger partial charge is 0.383 e. The van der Waals surface area contributed by atoms with Crippen LogP contribution < -0.4 is 21.9 Å². The van der Waals surface area contributed by atoms with E-state index in [1.165, 1.54) is 23.8 Å². The van der Waals surface area contributed by atoms with Crippen LogP contribution >= 0.6 is 15.9 Å². The van der Waals surface area contributed by atoms with Crippen LogP contribution in [0.25, 0.3) is 0 Å². The van der Waals surface area contributed by atoms with Gasteiger partial charge in [-0.2, -0.15) is 0 Å². The molecule has 0 atom stereocenters. The van der Waals surface area contributed by atoms with Crippen molar-refractivity contribution in [1.29, 1.82) is 0 Å². The number of hydrogen-bond donors (Lipinski definition) is 2. The Morgan fingerprint density at radius 3 is 2.70 bits per heavy atom. The average molecular weight is 443 g/mol. The predicted octanol–water partition coefficient (Wildman–Crippen LogP) is 1.72. The number of carbonyl (C=O) groups is 1. The highest BCUT2D eigenvalue weighted by Gasteiger charge is 2.26. The number of carbonyl (C=O) groups excluding carboxylic acids is 1. The number of aromatic nitrogens is 2. The lowest BCUT2D eigenvalue weighted by Gasteiger charge is -2.24. The molecule has 10 heteroatoms. The Morgan fingerprint density at radius 1 is 1.41 bits per heavy atom. The third-order valence-electron chi connectivity index (χ3n) is 3.86. The molecule has 0 radical (unpaired) electrons. The number of halogens is 2. The highest BCUT2D eigenvalue weighted by atomic mass is 79.9. The molecule has 0 unspecified atom stereocenters. The maximum atomic E-state index is 14.3. The number of benzene rings is 1. The summed E-state index contributed by atoms with van der Waals surface area (Å²) < 4.78 is 20.9. The van der Waals surface area contributed by atoms with Crippen LogP contribution in [0.4, 0.5) is 15.9 Å². The van der Waals surface area contributed by atoms with Crippen molar-refractivity contribution in [2.45, 2.75) is 19.9 Å². The summed E-state index contributed by atoms with van der Waals surface area (Å²) >= 11 is 3.13. The molecule has 8 nitrogen and oxygen atoms in total. The zero-order valence-electron chi connectivity index (χ0n) is 14.9. The molecule has 0 aliphatic rings. The van der Waals surface area contributed by atoms with Crippen molar-refractivity contribution < 1.29 is 13.9 Å². The summed E-state index contributed by atoms with van der Waals surface area (Å²) in [7, 11) is 1.43. The standard InChI is InChI=1S/C17H20BrFN4O4/c1-3-6-23-14(20)13(15(24)21-17(23)26)22(7-8-27-2)16(25)11-5-4-10(18)9-12(11)19/h4-5,9H,3,6-8,20H2,1-2H3,(H,21,24,26). The number of ether oxygens (including phenoxy) is 1. The summed E-state index contributed by atoms with van der Waals surface area (Å²) in [6.07, 6.45) is 0.586. The molecule has 1 aromatic carbocycles. The van der Waals surface area contributed by atoms with E-state index in [1.807, 2.05) is 6.92 Å².